The first-order valence-electron chi connectivity index (χ1n) is 9.50. The quantitative estimate of drug-likeness (QED) is 0.754. The van der Waals surface area contributed by atoms with Crippen LogP contribution in [0.4, 0.5) is 4.79 Å². The Morgan fingerprint density at radius 1 is 1.37 bits per heavy atom. The summed E-state index contributed by atoms with van der Waals surface area (Å²) in [6, 6.07) is 8.33. The summed E-state index contributed by atoms with van der Waals surface area (Å²) in [5.74, 6) is -0.867. The van der Waals surface area contributed by atoms with Gasteiger partial charge in [0.1, 0.15) is 0 Å². The minimum absolute atomic E-state index is 0.0367. The molecule has 0 aromatic heterocycles. The van der Waals surface area contributed by atoms with Gasteiger partial charge in [-0.25, -0.2) is 4.79 Å². The summed E-state index contributed by atoms with van der Waals surface area (Å²) in [5, 5.41) is 12.0. The molecule has 27 heavy (non-hydrogen) atoms. The van der Waals surface area contributed by atoms with Crippen molar-refractivity contribution < 1.29 is 19.4 Å². The van der Waals surface area contributed by atoms with Gasteiger partial charge in [0.2, 0.25) is 0 Å². The summed E-state index contributed by atoms with van der Waals surface area (Å²) in [7, 11) is 1.75. The number of morpholine rings is 1. The van der Waals surface area contributed by atoms with Crippen molar-refractivity contribution in [3.63, 3.8) is 0 Å². The molecular weight excluding hydrogens is 346 g/mol. The van der Waals surface area contributed by atoms with Gasteiger partial charge in [-0.05, 0) is 37.9 Å². The van der Waals surface area contributed by atoms with E-state index in [1.165, 1.54) is 11.1 Å². The number of ether oxygens (including phenoxy) is 1. The van der Waals surface area contributed by atoms with Crippen molar-refractivity contribution in [2.24, 2.45) is 0 Å². The second-order valence-corrected chi connectivity index (χ2v) is 7.78. The number of urea groups is 1. The molecule has 1 aromatic rings. The fourth-order valence-electron chi connectivity index (χ4n) is 3.87. The van der Waals surface area contributed by atoms with Crippen molar-refractivity contribution in [2.45, 2.75) is 31.3 Å². The van der Waals surface area contributed by atoms with E-state index < -0.39 is 5.97 Å². The molecule has 3 rings (SSSR count). The van der Waals surface area contributed by atoms with Crippen molar-refractivity contribution >= 4 is 12.0 Å². The lowest BCUT2D eigenvalue weighted by atomic mass is 9.92. The molecule has 0 bridgehead atoms. The number of carbonyl (C=O) groups is 2. The predicted octanol–water partition coefficient (Wildman–Crippen LogP) is 1.45. The molecule has 2 fully saturated rings. The number of carboxylic acids is 1. The van der Waals surface area contributed by atoms with Crippen LogP contribution in [0.15, 0.2) is 24.3 Å². The zero-order valence-electron chi connectivity index (χ0n) is 16.1. The minimum Gasteiger partial charge on any atom is -0.480 e. The molecule has 2 amide bonds. The molecule has 1 saturated carbocycles. The highest BCUT2D eigenvalue weighted by molar-refractivity contribution is 5.74. The van der Waals surface area contributed by atoms with E-state index >= 15 is 0 Å². The van der Waals surface area contributed by atoms with Gasteiger partial charge < -0.3 is 20.1 Å². The molecule has 1 atom stereocenters. The Bertz CT molecular complexity index is 690. The third-order valence-electron chi connectivity index (χ3n) is 5.49. The van der Waals surface area contributed by atoms with Crippen LogP contribution in [0.3, 0.4) is 0 Å². The molecule has 0 radical (unpaired) electrons. The maximum atomic E-state index is 12.6. The number of aliphatic carboxylic acids is 1. The third kappa shape index (κ3) is 4.99. The zero-order chi connectivity index (χ0) is 19.4. The van der Waals surface area contributed by atoms with E-state index in [1.54, 1.807) is 16.8 Å². The average molecular weight is 375 g/mol. The van der Waals surface area contributed by atoms with Gasteiger partial charge >= 0.3 is 12.0 Å². The molecule has 7 nitrogen and oxygen atoms in total. The number of carboxylic acid groups (broad SMARTS) is 1. The van der Waals surface area contributed by atoms with E-state index in [4.69, 9.17) is 9.84 Å². The number of rotatable bonds is 7. The number of carbonyl (C=O) groups excluding carboxylic acids is 1. The van der Waals surface area contributed by atoms with Crippen molar-refractivity contribution in [1.29, 1.82) is 0 Å². The molecule has 1 heterocycles. The fourth-order valence-corrected chi connectivity index (χ4v) is 3.87. The molecule has 0 spiro atoms. The maximum absolute atomic E-state index is 12.6. The highest BCUT2D eigenvalue weighted by Gasteiger charge is 2.45. The summed E-state index contributed by atoms with van der Waals surface area (Å²) >= 11 is 0. The number of benzene rings is 1. The van der Waals surface area contributed by atoms with E-state index in [0.717, 1.165) is 12.8 Å². The molecule has 148 valence electrons. The van der Waals surface area contributed by atoms with Crippen LogP contribution in [0.1, 0.15) is 24.0 Å². The van der Waals surface area contributed by atoms with Crippen LogP contribution in [-0.4, -0.2) is 79.4 Å². The van der Waals surface area contributed by atoms with Gasteiger partial charge in [0.05, 0.1) is 19.3 Å². The first-order chi connectivity index (χ1) is 12.9. The second kappa shape index (κ2) is 8.27. The molecule has 1 unspecified atom stereocenters. The number of amides is 2. The van der Waals surface area contributed by atoms with Gasteiger partial charge in [-0.15, -0.1) is 0 Å². The first-order valence-corrected chi connectivity index (χ1v) is 9.50. The monoisotopic (exact) mass is 375 g/mol. The lowest BCUT2D eigenvalue weighted by molar-refractivity contribution is -0.138. The standard InChI is InChI=1S/C20H29N3O4/c1-15-5-3-4-6-17(15)20(7-8-20)14-21-19(26)23-9-10-27-16(12-23)11-22(2)13-18(24)25/h3-6,16H,7-14H2,1-2H3,(H,21,26)(H,24,25). The van der Waals surface area contributed by atoms with Gasteiger partial charge in [-0.2, -0.15) is 0 Å². The van der Waals surface area contributed by atoms with Crippen molar-refractivity contribution in [2.75, 3.05) is 46.4 Å². The number of hydrogen-bond acceptors (Lipinski definition) is 4. The van der Waals surface area contributed by atoms with Crippen molar-refractivity contribution in [3.8, 4) is 0 Å². The van der Waals surface area contributed by atoms with Crippen molar-refractivity contribution in [3.05, 3.63) is 35.4 Å². The highest BCUT2D eigenvalue weighted by atomic mass is 16.5. The number of likely N-dealkylation sites (N-methyl/N-ethyl adjacent to an activating group) is 1. The Morgan fingerprint density at radius 3 is 2.78 bits per heavy atom. The van der Waals surface area contributed by atoms with Gasteiger partial charge in [0, 0.05) is 31.6 Å². The van der Waals surface area contributed by atoms with Gasteiger partial charge in [0.15, 0.2) is 0 Å². The second-order valence-electron chi connectivity index (χ2n) is 7.78. The summed E-state index contributed by atoms with van der Waals surface area (Å²) in [4.78, 5) is 26.9. The Labute approximate surface area is 160 Å². The van der Waals surface area contributed by atoms with Crippen molar-refractivity contribution in [1.82, 2.24) is 15.1 Å². The Morgan fingerprint density at radius 2 is 2.11 bits per heavy atom. The van der Waals surface area contributed by atoms with E-state index in [2.05, 4.69) is 30.4 Å². The van der Waals surface area contributed by atoms with Crippen LogP contribution in [0, 0.1) is 6.92 Å². The Balaban J connectivity index is 1.51. The predicted molar refractivity (Wildman–Crippen MR) is 102 cm³/mol. The van der Waals surface area contributed by atoms with Gasteiger partial charge in [0.25, 0.3) is 0 Å². The van der Waals surface area contributed by atoms with E-state index in [9.17, 15) is 9.59 Å². The van der Waals surface area contributed by atoms with Crippen LogP contribution in [0.25, 0.3) is 0 Å². The average Bonchev–Trinajstić information content (AvgIpc) is 3.40. The SMILES string of the molecule is Cc1ccccc1C1(CNC(=O)N2CCOC(CN(C)CC(=O)O)C2)CC1. The largest absolute Gasteiger partial charge is 0.480 e. The Hall–Kier alpha value is -2.12. The molecule has 7 heteroatoms. The van der Waals surface area contributed by atoms with Crippen LogP contribution >= 0.6 is 0 Å². The first kappa shape index (κ1) is 19.6. The maximum Gasteiger partial charge on any atom is 0.317 e. The highest BCUT2D eigenvalue weighted by Crippen LogP contribution is 2.48. The molecule has 2 aliphatic rings. The lowest BCUT2D eigenvalue weighted by Crippen LogP contribution is -2.53. The van der Waals surface area contributed by atoms with E-state index in [0.29, 0.717) is 32.8 Å². The lowest BCUT2D eigenvalue weighted by Gasteiger charge is -2.35. The molecule has 1 aliphatic heterocycles. The number of nitrogens with zero attached hydrogens (tertiary/aromatic N) is 2. The summed E-state index contributed by atoms with van der Waals surface area (Å²) in [6.45, 7) is 4.74. The normalized spacial score (nSPS) is 21.1. The fraction of sp³-hybridized carbons (Fsp3) is 0.600. The van der Waals surface area contributed by atoms with Crippen LogP contribution < -0.4 is 5.32 Å². The third-order valence-corrected chi connectivity index (χ3v) is 5.49. The topological polar surface area (TPSA) is 82.1 Å². The number of nitrogens with one attached hydrogen (secondary N) is 1. The summed E-state index contributed by atoms with van der Waals surface area (Å²) in [6.07, 6.45) is 2.04. The number of aryl methyl sites for hydroxylation is 1. The smallest absolute Gasteiger partial charge is 0.317 e. The van der Waals surface area contributed by atoms with E-state index in [-0.39, 0.29) is 24.1 Å². The van der Waals surface area contributed by atoms with Gasteiger partial charge in [-0.3, -0.25) is 9.69 Å². The summed E-state index contributed by atoms with van der Waals surface area (Å²) < 4.78 is 5.70. The minimum atomic E-state index is -0.867. The molecule has 1 aliphatic carbocycles. The van der Waals surface area contributed by atoms with Gasteiger partial charge in [-0.1, -0.05) is 24.3 Å². The molecule has 1 aromatic carbocycles. The zero-order valence-corrected chi connectivity index (χ0v) is 16.1. The molecule has 1 saturated heterocycles. The van der Waals surface area contributed by atoms with E-state index in [1.807, 2.05) is 6.07 Å². The van der Waals surface area contributed by atoms with Crippen LogP contribution in [0.5, 0.6) is 0 Å². The number of hydrogen-bond donors (Lipinski definition) is 2. The molecular formula is C20H29N3O4. The molecule has 2 N–H and O–H groups in total. The Kier molecular flexibility index (Phi) is 6.01. The summed E-state index contributed by atoms with van der Waals surface area (Å²) in [5.41, 5.74) is 2.69. The van der Waals surface area contributed by atoms with Crippen LogP contribution in [-0.2, 0) is 14.9 Å². The van der Waals surface area contributed by atoms with Crippen LogP contribution in [0.2, 0.25) is 0 Å².